The Bertz CT molecular complexity index is 2040. The Kier molecular flexibility index (Phi) is 17.5. The first-order valence-corrected chi connectivity index (χ1v) is 19.5. The van der Waals surface area contributed by atoms with E-state index in [0.29, 0.717) is 22.5 Å². The Balaban J connectivity index is 1.25. The summed E-state index contributed by atoms with van der Waals surface area (Å²) < 4.78 is 0. The predicted molar refractivity (Wildman–Crippen MR) is 224 cm³/mol. The molecule has 0 bridgehead atoms. The zero-order valence-electron chi connectivity index (χ0n) is 33.0. The van der Waals surface area contributed by atoms with E-state index in [1.54, 1.807) is 36.7 Å². The smallest absolute Gasteiger partial charge is 0.163 e. The molecule has 4 rings (SSSR count). The molecule has 0 spiro atoms. The lowest BCUT2D eigenvalue weighted by molar-refractivity contribution is -0.125. The second kappa shape index (κ2) is 23.0. The summed E-state index contributed by atoms with van der Waals surface area (Å²) in [6.45, 7) is 2.85. The lowest BCUT2D eigenvalue weighted by Crippen LogP contribution is -2.08. The summed E-state index contributed by atoms with van der Waals surface area (Å²) in [4.78, 5) is 104. The number of ketones is 8. The average Bonchev–Trinajstić information content (AvgIpc) is 3.23. The summed E-state index contributed by atoms with van der Waals surface area (Å²) in [5.74, 6) is -0.932. The lowest BCUT2D eigenvalue weighted by atomic mass is 10.0. The van der Waals surface area contributed by atoms with E-state index < -0.39 is 0 Å². The molecular weight excluding hydrogens is 733 g/mol. The minimum absolute atomic E-state index is 0.0582. The summed E-state index contributed by atoms with van der Waals surface area (Å²) in [7, 11) is 0. The van der Waals surface area contributed by atoms with Crippen LogP contribution in [0.25, 0.3) is 35.7 Å². The second-order valence-electron chi connectivity index (χ2n) is 14.3. The molecule has 0 saturated heterocycles. The highest BCUT2D eigenvalue weighted by atomic mass is 16.2. The highest BCUT2D eigenvalue weighted by Crippen LogP contribution is 2.20. The van der Waals surface area contributed by atoms with Crippen molar-refractivity contribution in [2.75, 3.05) is 0 Å². The fourth-order valence-corrected chi connectivity index (χ4v) is 5.81. The van der Waals surface area contributed by atoms with Gasteiger partial charge in [-0.05, 0) is 60.4 Å². The molecular formula is C48H48N2O8. The van der Waals surface area contributed by atoms with Crippen molar-refractivity contribution in [2.45, 2.75) is 90.9 Å². The van der Waals surface area contributed by atoms with Gasteiger partial charge in [0, 0.05) is 101 Å². The molecule has 10 heteroatoms. The summed E-state index contributed by atoms with van der Waals surface area (Å²) in [5, 5.41) is 0. The lowest BCUT2D eigenvalue weighted by Gasteiger charge is -2.04. The van der Waals surface area contributed by atoms with Gasteiger partial charge < -0.3 is 9.59 Å². The van der Waals surface area contributed by atoms with E-state index in [2.05, 4.69) is 9.97 Å². The molecule has 0 fully saturated rings. The number of nitrogens with zero attached hydrogens (tertiary/aromatic N) is 2. The van der Waals surface area contributed by atoms with E-state index in [-0.39, 0.29) is 123 Å². The van der Waals surface area contributed by atoms with Crippen LogP contribution in [0.5, 0.6) is 0 Å². The van der Waals surface area contributed by atoms with Gasteiger partial charge in [0.25, 0.3) is 0 Å². The zero-order valence-corrected chi connectivity index (χ0v) is 33.0. The van der Waals surface area contributed by atoms with Gasteiger partial charge in [-0.15, -0.1) is 0 Å². The van der Waals surface area contributed by atoms with E-state index >= 15 is 0 Å². The molecule has 0 N–H and O–H groups in total. The second-order valence-corrected chi connectivity index (χ2v) is 14.3. The average molecular weight is 781 g/mol. The van der Waals surface area contributed by atoms with Crippen LogP contribution < -0.4 is 0 Å². The molecule has 0 aliphatic rings. The van der Waals surface area contributed by atoms with Gasteiger partial charge in [0.05, 0.1) is 11.4 Å². The third-order valence-corrected chi connectivity index (χ3v) is 9.37. The predicted octanol–water partition coefficient (Wildman–Crippen LogP) is 8.99. The molecule has 4 aromatic rings. The van der Waals surface area contributed by atoms with Gasteiger partial charge in [-0.2, -0.15) is 0 Å². The van der Waals surface area contributed by atoms with Crippen LogP contribution >= 0.6 is 0 Å². The summed E-state index contributed by atoms with van der Waals surface area (Å²) in [5.41, 5.74) is 5.97. The zero-order chi connectivity index (χ0) is 41.9. The monoisotopic (exact) mass is 780 g/mol. The van der Waals surface area contributed by atoms with Crippen LogP contribution in [0.1, 0.15) is 134 Å². The molecule has 0 aliphatic heterocycles. The Morgan fingerprint density at radius 2 is 0.672 bits per heavy atom. The highest BCUT2D eigenvalue weighted by molar-refractivity contribution is 5.99. The maximum absolute atomic E-state index is 12.7. The van der Waals surface area contributed by atoms with E-state index in [9.17, 15) is 38.4 Å². The largest absolute Gasteiger partial charge is 0.300 e. The SMILES string of the molecule is CC(=O)CCC(=O)CCC(=O)CCC(=O)c1ccc(C=Cc2ccnc(-c3cc(C=Cc4ccc(C(=O)CCC(=O)CCC(=O)CCC(C)=O)cc4)ccn3)c2)cc1. The number of carbonyl (C=O) groups is 8. The topological polar surface area (TPSA) is 162 Å². The van der Waals surface area contributed by atoms with Gasteiger partial charge in [-0.25, -0.2) is 0 Å². The Morgan fingerprint density at radius 3 is 1.00 bits per heavy atom. The first-order valence-electron chi connectivity index (χ1n) is 19.5. The molecule has 2 aromatic heterocycles. The van der Waals surface area contributed by atoms with Crippen molar-refractivity contribution in [3.63, 3.8) is 0 Å². The van der Waals surface area contributed by atoms with E-state index in [4.69, 9.17) is 0 Å². The maximum atomic E-state index is 12.7. The molecule has 2 heterocycles. The van der Waals surface area contributed by atoms with Crippen molar-refractivity contribution >= 4 is 70.6 Å². The van der Waals surface area contributed by atoms with Gasteiger partial charge in [0.1, 0.15) is 34.7 Å². The minimum atomic E-state index is -0.145. The number of hydrogen-bond donors (Lipinski definition) is 0. The fraction of sp³-hybridized carbons (Fsp3) is 0.292. The Hall–Kier alpha value is -6.42. The quantitative estimate of drug-likeness (QED) is 0.0593. The van der Waals surface area contributed by atoms with E-state index in [1.807, 2.05) is 72.8 Å². The third-order valence-electron chi connectivity index (χ3n) is 9.37. The van der Waals surface area contributed by atoms with Crippen LogP contribution in [-0.2, 0) is 28.8 Å². The van der Waals surface area contributed by atoms with Crippen molar-refractivity contribution in [3.05, 3.63) is 119 Å². The van der Waals surface area contributed by atoms with Crippen molar-refractivity contribution in [2.24, 2.45) is 0 Å². The molecule has 0 radical (unpaired) electrons. The number of Topliss-reactive ketones (excluding diaryl/α,β-unsaturated/α-hetero) is 8. The van der Waals surface area contributed by atoms with Gasteiger partial charge >= 0.3 is 0 Å². The first kappa shape index (κ1) is 44.3. The molecule has 0 atom stereocenters. The molecule has 10 nitrogen and oxygen atoms in total. The number of aromatic nitrogens is 2. The number of carbonyl (C=O) groups excluding carboxylic acids is 8. The van der Waals surface area contributed by atoms with Crippen LogP contribution in [0.15, 0.2) is 85.2 Å². The third kappa shape index (κ3) is 16.0. The number of rotatable bonds is 25. The van der Waals surface area contributed by atoms with Crippen molar-refractivity contribution < 1.29 is 38.4 Å². The van der Waals surface area contributed by atoms with Crippen LogP contribution in [0.3, 0.4) is 0 Å². The first-order chi connectivity index (χ1) is 27.8. The van der Waals surface area contributed by atoms with Crippen LogP contribution in [-0.4, -0.2) is 56.2 Å². The van der Waals surface area contributed by atoms with Gasteiger partial charge in [-0.3, -0.25) is 38.7 Å². The van der Waals surface area contributed by atoms with E-state index in [1.165, 1.54) is 13.8 Å². The van der Waals surface area contributed by atoms with Crippen molar-refractivity contribution in [3.8, 4) is 11.4 Å². The molecule has 0 amide bonds. The molecule has 298 valence electrons. The normalized spacial score (nSPS) is 11.1. The van der Waals surface area contributed by atoms with Gasteiger partial charge in [0.15, 0.2) is 11.6 Å². The summed E-state index contributed by atoms with van der Waals surface area (Å²) in [6, 6.07) is 21.9. The molecule has 0 aliphatic carbocycles. The summed E-state index contributed by atoms with van der Waals surface area (Å²) in [6.07, 6.45) is 12.5. The van der Waals surface area contributed by atoms with Gasteiger partial charge in [0.2, 0.25) is 0 Å². The standard InChI is InChI=1S/C48H48N2O8/c1-33(51)3-17-41(53)19-21-43(55)23-25-47(57)39-13-9-35(10-14-39)5-7-37-27-29-49-45(31-37)46-32-38(28-30-50-46)8-6-36-11-15-40(16-12-36)48(58)26-24-44(56)22-20-42(54)18-4-34(2)52/h5-16,27-32H,3-4,17-26H2,1-2H3. The number of pyridine rings is 2. The molecule has 0 unspecified atom stereocenters. The Morgan fingerprint density at radius 1 is 0.379 bits per heavy atom. The van der Waals surface area contributed by atoms with Crippen LogP contribution in [0.2, 0.25) is 0 Å². The van der Waals surface area contributed by atoms with Gasteiger partial charge in [-0.1, -0.05) is 72.8 Å². The van der Waals surface area contributed by atoms with Crippen molar-refractivity contribution in [1.82, 2.24) is 9.97 Å². The molecule has 0 saturated carbocycles. The van der Waals surface area contributed by atoms with Crippen LogP contribution in [0.4, 0.5) is 0 Å². The minimum Gasteiger partial charge on any atom is -0.300 e. The van der Waals surface area contributed by atoms with E-state index in [0.717, 1.165) is 22.3 Å². The maximum Gasteiger partial charge on any atom is 0.163 e. The van der Waals surface area contributed by atoms with Crippen molar-refractivity contribution in [1.29, 1.82) is 0 Å². The number of benzene rings is 2. The molecule has 2 aromatic carbocycles. The molecule has 58 heavy (non-hydrogen) atoms. The van der Waals surface area contributed by atoms with Crippen LogP contribution in [0, 0.1) is 0 Å². The Labute approximate surface area is 338 Å². The highest BCUT2D eigenvalue weighted by Gasteiger charge is 2.14. The number of hydrogen-bond acceptors (Lipinski definition) is 10. The summed E-state index contributed by atoms with van der Waals surface area (Å²) >= 11 is 0. The fourth-order valence-electron chi connectivity index (χ4n) is 5.81.